The van der Waals surface area contributed by atoms with E-state index < -0.39 is 0 Å². The van der Waals surface area contributed by atoms with Gasteiger partial charge in [-0.15, -0.1) is 0 Å². The summed E-state index contributed by atoms with van der Waals surface area (Å²) in [5, 5.41) is 0. The van der Waals surface area contributed by atoms with E-state index in [1.807, 2.05) is 0 Å². The molecule has 0 saturated carbocycles. The van der Waals surface area contributed by atoms with Crippen LogP contribution in [-0.4, -0.2) is 4.98 Å². The number of aryl methyl sites for hydroxylation is 2. The second kappa shape index (κ2) is 5.11. The molecule has 0 bridgehead atoms. The van der Waals surface area contributed by atoms with Gasteiger partial charge >= 0.3 is 0 Å². The lowest BCUT2D eigenvalue weighted by atomic mass is 9.83. The molecule has 0 saturated heterocycles. The van der Waals surface area contributed by atoms with Crippen LogP contribution in [0.5, 0.6) is 0 Å². The zero-order valence-electron chi connectivity index (χ0n) is 13.9. The number of pyridine rings is 1. The highest BCUT2D eigenvalue weighted by molar-refractivity contribution is 5.34. The third kappa shape index (κ3) is 3.92. The second-order valence-corrected chi connectivity index (χ2v) is 7.70. The topological polar surface area (TPSA) is 12.9 Å². The van der Waals surface area contributed by atoms with Crippen LogP contribution >= 0.6 is 0 Å². The highest BCUT2D eigenvalue weighted by atomic mass is 14.7. The fraction of sp³-hybridized carbons (Fsp3) is 0.611. The Balaban J connectivity index is 3.20. The van der Waals surface area contributed by atoms with Crippen LogP contribution in [0, 0.1) is 19.3 Å². The fourth-order valence-electron chi connectivity index (χ4n) is 2.19. The summed E-state index contributed by atoms with van der Waals surface area (Å²) in [6, 6.07) is 2.26. The van der Waals surface area contributed by atoms with E-state index in [0.717, 1.165) is 6.42 Å². The summed E-state index contributed by atoms with van der Waals surface area (Å²) >= 11 is 0. The van der Waals surface area contributed by atoms with Crippen molar-refractivity contribution in [1.82, 2.24) is 4.98 Å². The first-order valence-corrected chi connectivity index (χ1v) is 7.09. The molecular formula is C18H29N. The minimum atomic E-state index is 0.0929. The van der Waals surface area contributed by atoms with Crippen LogP contribution in [0.4, 0.5) is 0 Å². The van der Waals surface area contributed by atoms with Crippen LogP contribution in [-0.2, 0) is 11.8 Å². The molecule has 1 nitrogen and oxygen atoms in total. The molecule has 1 aromatic heterocycles. The first-order chi connectivity index (χ1) is 8.43. The molecule has 1 heterocycles. The van der Waals surface area contributed by atoms with Gasteiger partial charge in [-0.25, -0.2) is 0 Å². The minimum absolute atomic E-state index is 0.0929. The van der Waals surface area contributed by atoms with Crippen LogP contribution in [0.3, 0.4) is 0 Å². The lowest BCUT2D eigenvalue weighted by Crippen LogP contribution is -2.18. The first-order valence-electron chi connectivity index (χ1n) is 7.09. The zero-order valence-corrected chi connectivity index (χ0v) is 13.9. The van der Waals surface area contributed by atoms with Gasteiger partial charge in [0.1, 0.15) is 0 Å². The summed E-state index contributed by atoms with van der Waals surface area (Å²) in [5.74, 6) is 0. The number of allylic oxidation sites excluding steroid dienone is 1. The molecule has 0 amide bonds. The van der Waals surface area contributed by atoms with Gasteiger partial charge < -0.3 is 0 Å². The number of rotatable bonds is 2. The Kier molecular flexibility index (Phi) is 4.29. The van der Waals surface area contributed by atoms with E-state index >= 15 is 0 Å². The van der Waals surface area contributed by atoms with Crippen LogP contribution in [0.1, 0.15) is 64.1 Å². The average Bonchev–Trinajstić information content (AvgIpc) is 2.18. The van der Waals surface area contributed by atoms with Gasteiger partial charge in [-0.05, 0) is 30.4 Å². The summed E-state index contributed by atoms with van der Waals surface area (Å²) in [5.41, 5.74) is 6.42. The third-order valence-corrected chi connectivity index (χ3v) is 3.66. The molecule has 0 aromatic carbocycles. The van der Waals surface area contributed by atoms with Gasteiger partial charge in [0.2, 0.25) is 0 Å². The molecule has 0 radical (unpaired) electrons. The highest BCUT2D eigenvalue weighted by Crippen LogP contribution is 2.30. The molecule has 0 spiro atoms. The molecule has 106 valence electrons. The van der Waals surface area contributed by atoms with Crippen molar-refractivity contribution in [3.8, 4) is 0 Å². The van der Waals surface area contributed by atoms with Crippen LogP contribution in [0.25, 0.3) is 0 Å². The van der Waals surface area contributed by atoms with Crippen molar-refractivity contribution in [2.75, 3.05) is 0 Å². The lowest BCUT2D eigenvalue weighted by molar-refractivity contribution is 0.490. The van der Waals surface area contributed by atoms with Crippen molar-refractivity contribution in [2.24, 2.45) is 5.41 Å². The Morgan fingerprint density at radius 2 is 1.58 bits per heavy atom. The van der Waals surface area contributed by atoms with Crippen LogP contribution < -0.4 is 0 Å². The van der Waals surface area contributed by atoms with Crippen molar-refractivity contribution in [1.29, 1.82) is 0 Å². The van der Waals surface area contributed by atoms with Crippen molar-refractivity contribution in [3.63, 3.8) is 0 Å². The minimum Gasteiger partial charge on any atom is -0.256 e. The first kappa shape index (κ1) is 15.9. The fourth-order valence-corrected chi connectivity index (χ4v) is 2.19. The molecule has 0 atom stereocenters. The Hall–Kier alpha value is -1.11. The Morgan fingerprint density at radius 1 is 1.05 bits per heavy atom. The standard InChI is InChI=1S/C18H29N/c1-12-10-13(2)16(18(7,8)9)19-15(12)11-14(3)17(4,5)6/h10H,3,11H2,1-2,4-9H3. The maximum absolute atomic E-state index is 4.94. The molecule has 19 heavy (non-hydrogen) atoms. The van der Waals surface area contributed by atoms with Crippen molar-refractivity contribution < 1.29 is 0 Å². The second-order valence-electron chi connectivity index (χ2n) is 7.70. The smallest absolute Gasteiger partial charge is 0.0489 e. The largest absolute Gasteiger partial charge is 0.256 e. The average molecular weight is 259 g/mol. The van der Waals surface area contributed by atoms with E-state index in [0.29, 0.717) is 0 Å². The van der Waals surface area contributed by atoms with Crippen LogP contribution in [0.15, 0.2) is 18.2 Å². The molecule has 1 aromatic rings. The Labute approximate surface area is 119 Å². The summed E-state index contributed by atoms with van der Waals surface area (Å²) in [7, 11) is 0. The van der Waals surface area contributed by atoms with Gasteiger partial charge in [0.15, 0.2) is 0 Å². The van der Waals surface area contributed by atoms with Crippen LogP contribution in [0.2, 0.25) is 0 Å². The predicted octanol–water partition coefficient (Wildman–Crippen LogP) is 5.14. The maximum Gasteiger partial charge on any atom is 0.0489 e. The Bertz CT molecular complexity index is 482. The summed E-state index contributed by atoms with van der Waals surface area (Å²) in [6.45, 7) is 21.8. The maximum atomic E-state index is 4.94. The molecule has 0 aliphatic carbocycles. The lowest BCUT2D eigenvalue weighted by Gasteiger charge is -2.25. The van der Waals surface area contributed by atoms with E-state index in [2.05, 4.69) is 68.0 Å². The number of nitrogens with zero attached hydrogens (tertiary/aromatic N) is 1. The molecule has 0 unspecified atom stereocenters. The van der Waals surface area contributed by atoms with Gasteiger partial charge in [-0.3, -0.25) is 4.98 Å². The van der Waals surface area contributed by atoms with E-state index in [-0.39, 0.29) is 10.8 Å². The number of hydrogen-bond donors (Lipinski definition) is 0. The van der Waals surface area contributed by atoms with Crippen molar-refractivity contribution >= 4 is 0 Å². The summed E-state index contributed by atoms with van der Waals surface area (Å²) in [6.07, 6.45) is 0.874. The zero-order chi connectivity index (χ0) is 15.0. The molecule has 0 aliphatic rings. The van der Waals surface area contributed by atoms with E-state index in [1.165, 1.54) is 28.1 Å². The van der Waals surface area contributed by atoms with Crippen molar-refractivity contribution in [2.45, 2.75) is 67.2 Å². The molecular weight excluding hydrogens is 230 g/mol. The van der Waals surface area contributed by atoms with Crippen molar-refractivity contribution in [3.05, 3.63) is 40.7 Å². The number of aromatic nitrogens is 1. The summed E-state index contributed by atoms with van der Waals surface area (Å²) < 4.78 is 0. The van der Waals surface area contributed by atoms with Gasteiger partial charge in [-0.2, -0.15) is 0 Å². The number of hydrogen-bond acceptors (Lipinski definition) is 1. The Morgan fingerprint density at radius 3 is 2.00 bits per heavy atom. The van der Waals surface area contributed by atoms with E-state index in [1.54, 1.807) is 0 Å². The van der Waals surface area contributed by atoms with Gasteiger partial charge in [0.05, 0.1) is 0 Å². The van der Waals surface area contributed by atoms with Gasteiger partial charge in [0.25, 0.3) is 0 Å². The SMILES string of the molecule is C=C(Cc1nc(C(C)(C)C)c(C)cc1C)C(C)(C)C. The van der Waals surface area contributed by atoms with E-state index in [4.69, 9.17) is 4.98 Å². The monoisotopic (exact) mass is 259 g/mol. The molecule has 1 rings (SSSR count). The summed E-state index contributed by atoms with van der Waals surface area (Å²) in [4.78, 5) is 4.94. The third-order valence-electron chi connectivity index (χ3n) is 3.66. The molecule has 0 fully saturated rings. The predicted molar refractivity (Wildman–Crippen MR) is 84.7 cm³/mol. The van der Waals surface area contributed by atoms with E-state index in [9.17, 15) is 0 Å². The van der Waals surface area contributed by atoms with Gasteiger partial charge in [-0.1, -0.05) is 59.8 Å². The molecule has 0 N–H and O–H groups in total. The molecule has 1 heteroatoms. The quantitative estimate of drug-likeness (QED) is 0.670. The van der Waals surface area contributed by atoms with Gasteiger partial charge in [0, 0.05) is 23.2 Å². The molecule has 0 aliphatic heterocycles. The normalized spacial score (nSPS) is 12.6. The highest BCUT2D eigenvalue weighted by Gasteiger charge is 2.21.